The third-order valence-corrected chi connectivity index (χ3v) is 4.83. The number of carbonyl (C=O) groups is 1. The van der Waals surface area contributed by atoms with Crippen LogP contribution in [0.3, 0.4) is 0 Å². The normalized spacial score (nSPS) is 12.3. The smallest absolute Gasteiger partial charge is 0.416 e. The van der Waals surface area contributed by atoms with E-state index in [-0.39, 0.29) is 11.5 Å². The predicted molar refractivity (Wildman–Crippen MR) is 118 cm³/mol. The van der Waals surface area contributed by atoms with Crippen LogP contribution in [0.4, 0.5) is 23.2 Å². The Morgan fingerprint density at radius 3 is 2.26 bits per heavy atom. The number of nitrogens with zero attached hydrogens (tertiary/aromatic N) is 1. The molecular formula is C25H18F4N2O3. The average molecular weight is 470 g/mol. The van der Waals surface area contributed by atoms with Crippen LogP contribution in [0.25, 0.3) is 10.9 Å². The molecule has 34 heavy (non-hydrogen) atoms. The highest BCUT2D eigenvalue weighted by Gasteiger charge is 2.30. The van der Waals surface area contributed by atoms with Gasteiger partial charge in [0.25, 0.3) is 5.91 Å². The first kappa shape index (κ1) is 23.0. The molecule has 5 nitrogen and oxygen atoms in total. The number of carbonyl (C=O) groups excluding carboxylic acids is 1. The lowest BCUT2D eigenvalue weighted by Crippen LogP contribution is -2.30. The van der Waals surface area contributed by atoms with Crippen LogP contribution in [0, 0.1) is 5.82 Å². The van der Waals surface area contributed by atoms with Crippen LogP contribution in [0.1, 0.15) is 12.5 Å². The van der Waals surface area contributed by atoms with Crippen molar-refractivity contribution in [1.82, 2.24) is 4.98 Å². The molecule has 0 aliphatic heterocycles. The van der Waals surface area contributed by atoms with Gasteiger partial charge in [-0.05, 0) is 79.7 Å². The SMILES string of the molecule is CC(Oc1ccc(Oc2ccc3cc(F)ccc3n2)cc1)C(=O)Nc1ccc(C(F)(F)F)cc1. The summed E-state index contributed by atoms with van der Waals surface area (Å²) in [7, 11) is 0. The number of halogens is 4. The summed E-state index contributed by atoms with van der Waals surface area (Å²) in [5.74, 6) is 0.335. The van der Waals surface area contributed by atoms with Gasteiger partial charge in [-0.2, -0.15) is 13.2 Å². The molecule has 0 aliphatic carbocycles. The summed E-state index contributed by atoms with van der Waals surface area (Å²) < 4.78 is 62.5. The van der Waals surface area contributed by atoms with Crippen LogP contribution in [0.5, 0.6) is 17.4 Å². The van der Waals surface area contributed by atoms with Crippen LogP contribution < -0.4 is 14.8 Å². The molecule has 1 unspecified atom stereocenters. The lowest BCUT2D eigenvalue weighted by Gasteiger charge is -2.15. The van der Waals surface area contributed by atoms with Gasteiger partial charge in [0.15, 0.2) is 6.10 Å². The van der Waals surface area contributed by atoms with Crippen LogP contribution in [-0.2, 0) is 11.0 Å². The summed E-state index contributed by atoms with van der Waals surface area (Å²) in [6, 6.07) is 18.2. The number of fused-ring (bicyclic) bond motifs is 1. The van der Waals surface area contributed by atoms with Gasteiger partial charge in [0.05, 0.1) is 11.1 Å². The maximum absolute atomic E-state index is 13.3. The van der Waals surface area contributed by atoms with Crippen LogP contribution in [-0.4, -0.2) is 17.0 Å². The number of hydrogen-bond acceptors (Lipinski definition) is 4. The molecule has 0 saturated carbocycles. The standard InChI is InChI=1S/C25H18F4N2O3/c1-15(24(32)30-19-6-3-17(4-7-19)25(27,28)29)33-20-8-10-21(11-9-20)34-23-13-2-16-14-18(26)5-12-22(16)31-23/h2-15H,1H3,(H,30,32). The minimum atomic E-state index is -4.45. The lowest BCUT2D eigenvalue weighted by atomic mass is 10.2. The summed E-state index contributed by atoms with van der Waals surface area (Å²) >= 11 is 0. The molecule has 1 atom stereocenters. The number of pyridine rings is 1. The van der Waals surface area contributed by atoms with Gasteiger partial charge in [0, 0.05) is 17.1 Å². The van der Waals surface area contributed by atoms with Crippen LogP contribution >= 0.6 is 0 Å². The monoisotopic (exact) mass is 470 g/mol. The molecule has 9 heteroatoms. The average Bonchev–Trinajstić information content (AvgIpc) is 2.80. The third kappa shape index (κ3) is 5.61. The number of ether oxygens (including phenoxy) is 2. The number of aromatic nitrogens is 1. The van der Waals surface area contributed by atoms with E-state index in [2.05, 4.69) is 10.3 Å². The molecule has 0 radical (unpaired) electrons. The highest BCUT2D eigenvalue weighted by Crippen LogP contribution is 2.30. The quantitative estimate of drug-likeness (QED) is 0.323. The van der Waals surface area contributed by atoms with E-state index in [9.17, 15) is 22.4 Å². The van der Waals surface area contributed by atoms with Crippen LogP contribution in [0.2, 0.25) is 0 Å². The van der Waals surface area contributed by atoms with Crippen molar-refractivity contribution in [1.29, 1.82) is 0 Å². The number of alkyl halides is 3. The molecule has 1 amide bonds. The number of nitrogens with one attached hydrogen (secondary N) is 1. The molecule has 1 aromatic heterocycles. The fraction of sp³-hybridized carbons (Fsp3) is 0.120. The molecule has 0 spiro atoms. The van der Waals surface area contributed by atoms with Gasteiger partial charge in [-0.15, -0.1) is 0 Å². The van der Waals surface area contributed by atoms with Crippen molar-refractivity contribution >= 4 is 22.5 Å². The fourth-order valence-corrected chi connectivity index (χ4v) is 3.09. The molecule has 0 saturated heterocycles. The maximum Gasteiger partial charge on any atom is 0.416 e. The highest BCUT2D eigenvalue weighted by molar-refractivity contribution is 5.94. The van der Waals surface area contributed by atoms with E-state index in [1.807, 2.05) is 0 Å². The van der Waals surface area contributed by atoms with E-state index in [0.717, 1.165) is 12.1 Å². The molecule has 0 fully saturated rings. The number of hydrogen-bond donors (Lipinski definition) is 1. The van der Waals surface area contributed by atoms with Crippen molar-refractivity contribution in [3.8, 4) is 17.4 Å². The van der Waals surface area contributed by atoms with Gasteiger partial charge in [-0.25, -0.2) is 9.37 Å². The summed E-state index contributed by atoms with van der Waals surface area (Å²) in [6.45, 7) is 1.52. The van der Waals surface area contributed by atoms with E-state index < -0.39 is 23.8 Å². The summed E-state index contributed by atoms with van der Waals surface area (Å²) in [4.78, 5) is 16.6. The molecule has 0 bridgehead atoms. The number of amides is 1. The molecule has 0 aliphatic rings. The largest absolute Gasteiger partial charge is 0.481 e. The minimum absolute atomic E-state index is 0.225. The Kier molecular flexibility index (Phi) is 6.36. The van der Waals surface area contributed by atoms with Crippen molar-refractivity contribution in [2.24, 2.45) is 0 Å². The molecule has 1 N–H and O–H groups in total. The van der Waals surface area contributed by atoms with Crippen molar-refractivity contribution in [3.05, 3.63) is 90.2 Å². The zero-order valence-electron chi connectivity index (χ0n) is 17.8. The zero-order valence-corrected chi connectivity index (χ0v) is 17.8. The van der Waals surface area contributed by atoms with Crippen molar-refractivity contribution in [2.45, 2.75) is 19.2 Å². The lowest BCUT2D eigenvalue weighted by molar-refractivity contribution is -0.137. The maximum atomic E-state index is 13.3. The Balaban J connectivity index is 1.34. The molecular weight excluding hydrogens is 452 g/mol. The Labute approximate surface area is 192 Å². The predicted octanol–water partition coefficient (Wildman–Crippen LogP) is 6.59. The minimum Gasteiger partial charge on any atom is -0.481 e. The van der Waals surface area contributed by atoms with Gasteiger partial charge >= 0.3 is 6.18 Å². The number of anilines is 1. The van der Waals surface area contributed by atoms with E-state index in [0.29, 0.717) is 28.3 Å². The Hall–Kier alpha value is -4.14. The molecule has 174 valence electrons. The molecule has 4 rings (SSSR count). The van der Waals surface area contributed by atoms with Crippen molar-refractivity contribution in [3.63, 3.8) is 0 Å². The number of rotatable bonds is 6. The zero-order chi connectivity index (χ0) is 24.3. The third-order valence-electron chi connectivity index (χ3n) is 4.83. The van der Waals surface area contributed by atoms with Gasteiger partial charge in [0.1, 0.15) is 17.3 Å². The van der Waals surface area contributed by atoms with Gasteiger partial charge in [0.2, 0.25) is 5.88 Å². The molecule has 3 aromatic carbocycles. The second-order valence-electron chi connectivity index (χ2n) is 7.38. The first-order chi connectivity index (χ1) is 16.2. The highest BCUT2D eigenvalue weighted by atomic mass is 19.4. The summed E-state index contributed by atoms with van der Waals surface area (Å²) in [5.41, 5.74) is 0.0134. The second-order valence-corrected chi connectivity index (χ2v) is 7.38. The Morgan fingerprint density at radius 2 is 1.59 bits per heavy atom. The molecule has 4 aromatic rings. The fourth-order valence-electron chi connectivity index (χ4n) is 3.09. The second kappa shape index (κ2) is 9.38. The Bertz CT molecular complexity index is 1310. The van der Waals surface area contributed by atoms with Gasteiger partial charge < -0.3 is 14.8 Å². The van der Waals surface area contributed by atoms with Crippen LogP contribution in [0.15, 0.2) is 78.9 Å². The van der Waals surface area contributed by atoms with E-state index in [1.54, 1.807) is 42.5 Å². The topological polar surface area (TPSA) is 60.5 Å². The first-order valence-corrected chi connectivity index (χ1v) is 10.2. The number of benzene rings is 3. The Morgan fingerprint density at radius 1 is 0.912 bits per heavy atom. The summed E-state index contributed by atoms with van der Waals surface area (Å²) in [6.07, 6.45) is -5.35. The van der Waals surface area contributed by atoms with Gasteiger partial charge in [-0.3, -0.25) is 4.79 Å². The van der Waals surface area contributed by atoms with Crippen molar-refractivity contribution in [2.75, 3.05) is 5.32 Å². The first-order valence-electron chi connectivity index (χ1n) is 10.2. The summed E-state index contributed by atoms with van der Waals surface area (Å²) in [5, 5.41) is 3.17. The van der Waals surface area contributed by atoms with E-state index in [4.69, 9.17) is 9.47 Å². The van der Waals surface area contributed by atoms with Gasteiger partial charge in [-0.1, -0.05) is 0 Å². The molecule has 1 heterocycles. The van der Waals surface area contributed by atoms with E-state index in [1.165, 1.54) is 31.2 Å². The van der Waals surface area contributed by atoms with E-state index >= 15 is 0 Å². The van der Waals surface area contributed by atoms with Crippen molar-refractivity contribution < 1.29 is 31.8 Å².